The molecule has 6 nitrogen and oxygen atoms in total. The van der Waals surface area contributed by atoms with Gasteiger partial charge in [0.2, 0.25) is 5.91 Å². The molecule has 0 aromatic heterocycles. The third kappa shape index (κ3) is 5.41. The number of nitrogens with two attached hydrogens (primary N) is 1. The van der Waals surface area contributed by atoms with Gasteiger partial charge in [-0.2, -0.15) is 0 Å². The highest BCUT2D eigenvalue weighted by Crippen LogP contribution is 2.15. The number of urea groups is 1. The molecule has 1 aliphatic rings. The fourth-order valence-electron chi connectivity index (χ4n) is 2.56. The van der Waals surface area contributed by atoms with Crippen LogP contribution in [-0.4, -0.2) is 54.5 Å². The van der Waals surface area contributed by atoms with Crippen LogP contribution in [-0.2, 0) is 4.79 Å². The van der Waals surface area contributed by atoms with Crippen molar-refractivity contribution in [1.29, 1.82) is 0 Å². The van der Waals surface area contributed by atoms with Crippen LogP contribution in [0.25, 0.3) is 0 Å². The zero-order valence-electron chi connectivity index (χ0n) is 13.4. The maximum Gasteiger partial charge on any atom is 0.317 e. The normalized spacial score (nSPS) is 15.6. The van der Waals surface area contributed by atoms with Crippen LogP contribution in [0.5, 0.6) is 0 Å². The first-order chi connectivity index (χ1) is 10.6. The van der Waals surface area contributed by atoms with Crippen molar-refractivity contribution >= 4 is 24.3 Å². The highest BCUT2D eigenvalue weighted by molar-refractivity contribution is 5.85. The van der Waals surface area contributed by atoms with E-state index >= 15 is 0 Å². The summed E-state index contributed by atoms with van der Waals surface area (Å²) in [6.07, 6.45) is 0.297. The van der Waals surface area contributed by atoms with E-state index < -0.39 is 0 Å². The lowest BCUT2D eigenvalue weighted by Gasteiger charge is -2.35. The molecule has 1 aromatic carbocycles. The van der Waals surface area contributed by atoms with E-state index in [-0.39, 0.29) is 30.4 Å². The molecule has 23 heavy (non-hydrogen) atoms. The predicted molar refractivity (Wildman–Crippen MR) is 92.5 cm³/mol. The molecular weight excluding hydrogens is 316 g/mol. The number of hydrogen-bond donors (Lipinski definition) is 2. The number of carbonyl (C=O) groups excluding carboxylic acids is 2. The third-order valence-electron chi connectivity index (χ3n) is 3.87. The Bertz CT molecular complexity index is 504. The van der Waals surface area contributed by atoms with Crippen molar-refractivity contribution in [2.45, 2.75) is 19.4 Å². The molecule has 3 amide bonds. The Hall–Kier alpha value is -1.79. The molecule has 1 heterocycles. The zero-order chi connectivity index (χ0) is 15.9. The van der Waals surface area contributed by atoms with Gasteiger partial charge in [-0.25, -0.2) is 4.79 Å². The summed E-state index contributed by atoms with van der Waals surface area (Å²) in [5.74, 6) is 0.0481. The van der Waals surface area contributed by atoms with Gasteiger partial charge in [0.1, 0.15) is 0 Å². The third-order valence-corrected chi connectivity index (χ3v) is 3.87. The second-order valence-electron chi connectivity index (χ2n) is 5.42. The van der Waals surface area contributed by atoms with Gasteiger partial charge in [0.15, 0.2) is 0 Å². The fourth-order valence-corrected chi connectivity index (χ4v) is 2.56. The van der Waals surface area contributed by atoms with E-state index in [1.165, 1.54) is 0 Å². The standard InChI is InChI=1S/C16H24N4O2.ClH/c1-2-18-16(22)20-10-8-19(9-11-20)15(21)12-14(17)13-6-4-3-5-7-13;/h3-7,14H,2,8-12,17H2,1H3,(H,18,22);1H. The molecule has 3 N–H and O–H groups in total. The summed E-state index contributed by atoms with van der Waals surface area (Å²) in [6, 6.07) is 9.30. The largest absolute Gasteiger partial charge is 0.339 e. The number of amides is 3. The number of nitrogens with zero attached hydrogens (tertiary/aromatic N) is 2. The summed E-state index contributed by atoms with van der Waals surface area (Å²) in [5.41, 5.74) is 7.06. The average molecular weight is 341 g/mol. The first-order valence-electron chi connectivity index (χ1n) is 7.73. The van der Waals surface area contributed by atoms with Crippen molar-refractivity contribution in [3.8, 4) is 0 Å². The van der Waals surface area contributed by atoms with Crippen LogP contribution >= 0.6 is 12.4 Å². The van der Waals surface area contributed by atoms with E-state index in [1.807, 2.05) is 37.3 Å². The molecule has 1 aliphatic heterocycles. The lowest BCUT2D eigenvalue weighted by molar-refractivity contribution is -0.133. The van der Waals surface area contributed by atoms with Gasteiger partial charge in [-0.05, 0) is 12.5 Å². The van der Waals surface area contributed by atoms with Gasteiger partial charge >= 0.3 is 6.03 Å². The fraction of sp³-hybridized carbons (Fsp3) is 0.500. The molecule has 128 valence electrons. The maximum absolute atomic E-state index is 12.3. The van der Waals surface area contributed by atoms with Gasteiger partial charge in [0, 0.05) is 45.2 Å². The maximum atomic E-state index is 12.3. The Kier molecular flexibility index (Phi) is 7.85. The van der Waals surface area contributed by atoms with E-state index in [2.05, 4.69) is 5.32 Å². The van der Waals surface area contributed by atoms with Gasteiger partial charge < -0.3 is 20.9 Å². The first kappa shape index (κ1) is 19.3. The molecule has 2 rings (SSSR count). The lowest BCUT2D eigenvalue weighted by Crippen LogP contribution is -2.53. The summed E-state index contributed by atoms with van der Waals surface area (Å²) in [6.45, 7) is 4.78. The molecule has 1 atom stereocenters. The van der Waals surface area contributed by atoms with E-state index in [0.29, 0.717) is 39.1 Å². The molecule has 0 saturated carbocycles. The molecule has 0 aliphatic carbocycles. The van der Waals surface area contributed by atoms with Gasteiger partial charge in [-0.1, -0.05) is 30.3 Å². The molecule has 1 aromatic rings. The van der Waals surface area contributed by atoms with Crippen LogP contribution in [0.4, 0.5) is 4.79 Å². The number of halogens is 1. The summed E-state index contributed by atoms with van der Waals surface area (Å²) >= 11 is 0. The van der Waals surface area contributed by atoms with E-state index in [9.17, 15) is 9.59 Å². The summed E-state index contributed by atoms with van der Waals surface area (Å²) in [5, 5.41) is 2.78. The monoisotopic (exact) mass is 340 g/mol. The first-order valence-corrected chi connectivity index (χ1v) is 7.73. The molecule has 7 heteroatoms. The Balaban J connectivity index is 0.00000264. The zero-order valence-corrected chi connectivity index (χ0v) is 14.2. The highest BCUT2D eigenvalue weighted by atomic mass is 35.5. The van der Waals surface area contributed by atoms with Gasteiger partial charge in [-0.3, -0.25) is 4.79 Å². The molecule has 0 spiro atoms. The van der Waals surface area contributed by atoms with Crippen molar-refractivity contribution in [3.63, 3.8) is 0 Å². The van der Waals surface area contributed by atoms with E-state index in [1.54, 1.807) is 9.80 Å². The van der Waals surface area contributed by atoms with E-state index in [0.717, 1.165) is 5.56 Å². The van der Waals surface area contributed by atoms with Crippen molar-refractivity contribution < 1.29 is 9.59 Å². The van der Waals surface area contributed by atoms with Gasteiger partial charge in [0.05, 0.1) is 0 Å². The molecule has 1 unspecified atom stereocenters. The summed E-state index contributed by atoms with van der Waals surface area (Å²) in [7, 11) is 0. The van der Waals surface area contributed by atoms with Crippen molar-refractivity contribution in [2.24, 2.45) is 5.73 Å². The minimum absolute atomic E-state index is 0. The van der Waals surface area contributed by atoms with Crippen molar-refractivity contribution in [3.05, 3.63) is 35.9 Å². The average Bonchev–Trinajstić information content (AvgIpc) is 2.56. The van der Waals surface area contributed by atoms with Crippen molar-refractivity contribution in [1.82, 2.24) is 15.1 Å². The van der Waals surface area contributed by atoms with Crippen LogP contribution in [0.15, 0.2) is 30.3 Å². The number of benzene rings is 1. The number of carbonyl (C=O) groups is 2. The minimum atomic E-state index is -0.282. The van der Waals surface area contributed by atoms with Crippen LogP contribution in [0.3, 0.4) is 0 Å². The van der Waals surface area contributed by atoms with Crippen LogP contribution in [0, 0.1) is 0 Å². The molecule has 1 fully saturated rings. The number of piperazine rings is 1. The number of hydrogen-bond acceptors (Lipinski definition) is 3. The van der Waals surface area contributed by atoms with Crippen LogP contribution in [0.1, 0.15) is 24.9 Å². The minimum Gasteiger partial charge on any atom is -0.339 e. The van der Waals surface area contributed by atoms with Gasteiger partial charge in [0.25, 0.3) is 0 Å². The Labute approximate surface area is 143 Å². The topological polar surface area (TPSA) is 78.7 Å². The number of rotatable bonds is 4. The predicted octanol–water partition coefficient (Wildman–Crippen LogP) is 1.37. The Morgan fingerprint density at radius 3 is 2.26 bits per heavy atom. The molecule has 1 saturated heterocycles. The Morgan fingerprint density at radius 1 is 1.13 bits per heavy atom. The SMILES string of the molecule is CCNC(=O)N1CCN(C(=O)CC(N)c2ccccc2)CC1.Cl. The molecule has 0 radical (unpaired) electrons. The van der Waals surface area contributed by atoms with Crippen molar-refractivity contribution in [2.75, 3.05) is 32.7 Å². The van der Waals surface area contributed by atoms with Gasteiger partial charge in [-0.15, -0.1) is 12.4 Å². The summed E-state index contributed by atoms with van der Waals surface area (Å²) < 4.78 is 0. The molecule has 0 bridgehead atoms. The van der Waals surface area contributed by atoms with Crippen LogP contribution < -0.4 is 11.1 Å². The van der Waals surface area contributed by atoms with E-state index in [4.69, 9.17) is 5.73 Å². The lowest BCUT2D eigenvalue weighted by atomic mass is 10.0. The Morgan fingerprint density at radius 2 is 1.70 bits per heavy atom. The van der Waals surface area contributed by atoms with Crippen LogP contribution in [0.2, 0.25) is 0 Å². The second kappa shape index (κ2) is 9.37. The smallest absolute Gasteiger partial charge is 0.317 e. The second-order valence-corrected chi connectivity index (χ2v) is 5.42. The molecular formula is C16H25ClN4O2. The summed E-state index contributed by atoms with van der Waals surface area (Å²) in [4.78, 5) is 27.6. The highest BCUT2D eigenvalue weighted by Gasteiger charge is 2.24. The quantitative estimate of drug-likeness (QED) is 0.869. The number of nitrogens with one attached hydrogen (secondary N) is 1.